The summed E-state index contributed by atoms with van der Waals surface area (Å²) in [5.74, 6) is 0.575. The number of benzene rings is 2. The summed E-state index contributed by atoms with van der Waals surface area (Å²) < 4.78 is 24.7. The largest absolute Gasteiger partial charge is 0.494 e. The molecular weight excluding hydrogens is 269 g/mol. The van der Waals surface area contributed by atoms with E-state index in [1.807, 2.05) is 38.1 Å². The first-order chi connectivity index (χ1) is 10.1. The molecule has 0 saturated heterocycles. The van der Waals surface area contributed by atoms with E-state index in [1.165, 1.54) is 6.07 Å². The van der Waals surface area contributed by atoms with Crippen LogP contribution in [0.4, 0.5) is 4.39 Å². The van der Waals surface area contributed by atoms with Gasteiger partial charge in [0.05, 0.1) is 12.6 Å². The van der Waals surface area contributed by atoms with Crippen LogP contribution in [0.2, 0.25) is 0 Å². The quantitative estimate of drug-likeness (QED) is 0.883. The van der Waals surface area contributed by atoms with Gasteiger partial charge >= 0.3 is 0 Å². The van der Waals surface area contributed by atoms with Crippen molar-refractivity contribution in [3.05, 3.63) is 59.4 Å². The molecule has 0 aliphatic rings. The lowest BCUT2D eigenvalue weighted by Crippen LogP contribution is -2.20. The summed E-state index contributed by atoms with van der Waals surface area (Å²) in [6.07, 6.45) is 0. The van der Waals surface area contributed by atoms with Gasteiger partial charge in [-0.1, -0.05) is 24.3 Å². The standard InChI is InChI=1S/C17H20FNO2/c1-3-20-16-7-5-4-6-13(16)15(19)11-21-17-10-12(2)8-9-14(17)18/h4-10,15H,3,11,19H2,1-2H3. The van der Waals surface area contributed by atoms with Crippen LogP contribution in [-0.2, 0) is 0 Å². The Morgan fingerprint density at radius 1 is 1.10 bits per heavy atom. The molecule has 2 aromatic carbocycles. The van der Waals surface area contributed by atoms with Crippen molar-refractivity contribution in [1.82, 2.24) is 0 Å². The van der Waals surface area contributed by atoms with Gasteiger partial charge in [-0.15, -0.1) is 0 Å². The van der Waals surface area contributed by atoms with E-state index in [2.05, 4.69) is 0 Å². The van der Waals surface area contributed by atoms with Gasteiger partial charge in [-0.3, -0.25) is 0 Å². The van der Waals surface area contributed by atoms with Gasteiger partial charge in [0.1, 0.15) is 12.4 Å². The van der Waals surface area contributed by atoms with E-state index < -0.39 is 0 Å². The van der Waals surface area contributed by atoms with E-state index in [0.717, 1.165) is 16.9 Å². The number of halogens is 1. The average molecular weight is 289 g/mol. The van der Waals surface area contributed by atoms with Crippen LogP contribution in [0.3, 0.4) is 0 Å². The molecule has 0 amide bonds. The van der Waals surface area contributed by atoms with Crippen molar-refractivity contribution >= 4 is 0 Å². The van der Waals surface area contributed by atoms with E-state index >= 15 is 0 Å². The molecule has 0 heterocycles. The van der Waals surface area contributed by atoms with Crippen LogP contribution in [0.1, 0.15) is 24.1 Å². The second-order valence-corrected chi connectivity index (χ2v) is 4.82. The highest BCUT2D eigenvalue weighted by Gasteiger charge is 2.13. The smallest absolute Gasteiger partial charge is 0.165 e. The van der Waals surface area contributed by atoms with Crippen molar-refractivity contribution in [1.29, 1.82) is 0 Å². The lowest BCUT2D eigenvalue weighted by Gasteiger charge is -2.17. The summed E-state index contributed by atoms with van der Waals surface area (Å²) in [4.78, 5) is 0. The second kappa shape index (κ2) is 7.09. The Kier molecular flexibility index (Phi) is 5.17. The molecular formula is C17H20FNO2. The minimum absolute atomic E-state index is 0.185. The molecule has 0 spiro atoms. The number of para-hydroxylation sites is 1. The molecule has 0 fully saturated rings. The Hall–Kier alpha value is -2.07. The molecule has 0 aromatic heterocycles. The van der Waals surface area contributed by atoms with Crippen molar-refractivity contribution < 1.29 is 13.9 Å². The molecule has 4 heteroatoms. The van der Waals surface area contributed by atoms with Gasteiger partial charge in [0.2, 0.25) is 0 Å². The van der Waals surface area contributed by atoms with E-state index in [0.29, 0.717) is 6.61 Å². The summed E-state index contributed by atoms with van der Waals surface area (Å²) in [5, 5.41) is 0. The first kappa shape index (κ1) is 15.3. The van der Waals surface area contributed by atoms with Crippen molar-refractivity contribution in [3.8, 4) is 11.5 Å². The van der Waals surface area contributed by atoms with Gasteiger partial charge < -0.3 is 15.2 Å². The van der Waals surface area contributed by atoms with Crippen molar-refractivity contribution in [2.45, 2.75) is 19.9 Å². The van der Waals surface area contributed by atoms with Crippen LogP contribution in [-0.4, -0.2) is 13.2 Å². The van der Waals surface area contributed by atoms with Crippen LogP contribution in [0.5, 0.6) is 11.5 Å². The lowest BCUT2D eigenvalue weighted by atomic mass is 10.1. The monoisotopic (exact) mass is 289 g/mol. The Balaban J connectivity index is 2.08. The molecule has 0 radical (unpaired) electrons. The summed E-state index contributed by atoms with van der Waals surface area (Å²) in [5.41, 5.74) is 7.93. The Morgan fingerprint density at radius 3 is 2.62 bits per heavy atom. The highest BCUT2D eigenvalue weighted by atomic mass is 19.1. The molecule has 2 N–H and O–H groups in total. The average Bonchev–Trinajstić information content (AvgIpc) is 2.49. The SMILES string of the molecule is CCOc1ccccc1C(N)COc1cc(C)ccc1F. The zero-order chi connectivity index (χ0) is 15.2. The zero-order valence-corrected chi connectivity index (χ0v) is 12.3. The first-order valence-electron chi connectivity index (χ1n) is 6.98. The van der Waals surface area contributed by atoms with Crippen LogP contribution < -0.4 is 15.2 Å². The number of rotatable bonds is 6. The third kappa shape index (κ3) is 3.95. The molecule has 0 aliphatic carbocycles. The van der Waals surface area contributed by atoms with Gasteiger partial charge in [0.15, 0.2) is 11.6 Å². The lowest BCUT2D eigenvalue weighted by molar-refractivity contribution is 0.270. The second-order valence-electron chi connectivity index (χ2n) is 4.82. The van der Waals surface area contributed by atoms with Crippen molar-refractivity contribution in [2.24, 2.45) is 5.73 Å². The number of nitrogens with two attached hydrogens (primary N) is 1. The molecule has 112 valence electrons. The number of aryl methyl sites for hydroxylation is 1. The van der Waals surface area contributed by atoms with Crippen molar-refractivity contribution in [2.75, 3.05) is 13.2 Å². The Labute approximate surface area is 124 Å². The zero-order valence-electron chi connectivity index (χ0n) is 12.3. The van der Waals surface area contributed by atoms with Gasteiger partial charge in [-0.25, -0.2) is 4.39 Å². The summed E-state index contributed by atoms with van der Waals surface area (Å²) in [6, 6.07) is 11.9. The molecule has 1 unspecified atom stereocenters. The topological polar surface area (TPSA) is 44.5 Å². The molecule has 2 rings (SSSR count). The molecule has 1 atom stereocenters. The fourth-order valence-corrected chi connectivity index (χ4v) is 2.06. The fourth-order valence-electron chi connectivity index (χ4n) is 2.06. The Bertz CT molecular complexity index is 601. The number of hydrogen-bond donors (Lipinski definition) is 1. The molecule has 0 aliphatic heterocycles. The highest BCUT2D eigenvalue weighted by molar-refractivity contribution is 5.36. The third-order valence-corrected chi connectivity index (χ3v) is 3.12. The maximum absolute atomic E-state index is 13.6. The highest BCUT2D eigenvalue weighted by Crippen LogP contribution is 2.25. The molecule has 0 saturated carbocycles. The van der Waals surface area contributed by atoms with E-state index in [-0.39, 0.29) is 24.2 Å². The summed E-state index contributed by atoms with van der Waals surface area (Å²) in [6.45, 7) is 4.55. The molecule has 0 bridgehead atoms. The fraction of sp³-hybridized carbons (Fsp3) is 0.294. The molecule has 2 aromatic rings. The van der Waals surface area contributed by atoms with E-state index in [1.54, 1.807) is 12.1 Å². The summed E-state index contributed by atoms with van der Waals surface area (Å²) >= 11 is 0. The Morgan fingerprint density at radius 2 is 1.86 bits per heavy atom. The number of ether oxygens (including phenoxy) is 2. The maximum atomic E-state index is 13.6. The number of hydrogen-bond acceptors (Lipinski definition) is 3. The maximum Gasteiger partial charge on any atom is 0.165 e. The molecule has 3 nitrogen and oxygen atoms in total. The predicted molar refractivity (Wildman–Crippen MR) is 81.2 cm³/mol. The summed E-state index contributed by atoms with van der Waals surface area (Å²) in [7, 11) is 0. The van der Waals surface area contributed by atoms with Gasteiger partial charge in [0.25, 0.3) is 0 Å². The van der Waals surface area contributed by atoms with Crippen LogP contribution >= 0.6 is 0 Å². The molecule has 21 heavy (non-hydrogen) atoms. The normalized spacial score (nSPS) is 12.0. The van der Waals surface area contributed by atoms with Crippen molar-refractivity contribution in [3.63, 3.8) is 0 Å². The van der Waals surface area contributed by atoms with Crippen LogP contribution in [0.25, 0.3) is 0 Å². The first-order valence-corrected chi connectivity index (χ1v) is 6.98. The predicted octanol–water partition coefficient (Wildman–Crippen LogP) is 3.61. The van der Waals surface area contributed by atoms with E-state index in [4.69, 9.17) is 15.2 Å². The van der Waals surface area contributed by atoms with E-state index in [9.17, 15) is 4.39 Å². The minimum atomic E-state index is -0.383. The minimum Gasteiger partial charge on any atom is -0.494 e. The third-order valence-electron chi connectivity index (χ3n) is 3.12. The van der Waals surface area contributed by atoms with Crippen LogP contribution in [0.15, 0.2) is 42.5 Å². The van der Waals surface area contributed by atoms with Crippen LogP contribution in [0, 0.1) is 12.7 Å². The van der Waals surface area contributed by atoms with Gasteiger partial charge in [0, 0.05) is 5.56 Å². The van der Waals surface area contributed by atoms with Gasteiger partial charge in [-0.2, -0.15) is 0 Å². The van der Waals surface area contributed by atoms with Gasteiger partial charge in [-0.05, 0) is 37.6 Å².